The van der Waals surface area contributed by atoms with Crippen LogP contribution in [-0.4, -0.2) is 29.5 Å². The van der Waals surface area contributed by atoms with Crippen LogP contribution in [0.2, 0.25) is 5.15 Å². The van der Waals surface area contributed by atoms with Crippen LogP contribution in [0.5, 0.6) is 0 Å². The molecule has 2 aliphatic heterocycles. The number of aliphatic imine (C=N–C) groups is 1. The highest BCUT2D eigenvalue weighted by Crippen LogP contribution is 2.26. The molecule has 0 saturated carbocycles. The lowest BCUT2D eigenvalue weighted by molar-refractivity contribution is 0.660. The molecule has 3 rings (SSSR count). The van der Waals surface area contributed by atoms with Crippen molar-refractivity contribution in [2.75, 3.05) is 18.1 Å². The second-order valence-corrected chi connectivity index (χ2v) is 4.10. The molecule has 5 nitrogen and oxygen atoms in total. The SMILES string of the molecule is Cl.Clc1ccc(N2NCC3CN=CC=C32)nn1. The van der Waals surface area contributed by atoms with Gasteiger partial charge in [0.2, 0.25) is 0 Å². The zero-order chi connectivity index (χ0) is 11.0. The van der Waals surface area contributed by atoms with Gasteiger partial charge < -0.3 is 0 Å². The van der Waals surface area contributed by atoms with Crippen molar-refractivity contribution in [1.82, 2.24) is 15.6 Å². The average molecular weight is 272 g/mol. The van der Waals surface area contributed by atoms with Gasteiger partial charge in [-0.05, 0) is 18.2 Å². The number of nitrogens with zero attached hydrogens (tertiary/aromatic N) is 4. The van der Waals surface area contributed by atoms with E-state index in [-0.39, 0.29) is 12.4 Å². The molecule has 0 aromatic carbocycles. The molecular weight excluding hydrogens is 261 g/mol. The summed E-state index contributed by atoms with van der Waals surface area (Å²) in [5, 5.41) is 10.2. The van der Waals surface area contributed by atoms with Gasteiger partial charge in [-0.2, -0.15) is 0 Å². The number of nitrogens with one attached hydrogen (secondary N) is 1. The van der Waals surface area contributed by atoms with E-state index in [0.717, 1.165) is 18.9 Å². The van der Waals surface area contributed by atoms with Crippen molar-refractivity contribution >= 4 is 36.0 Å². The Kier molecular flexibility index (Phi) is 3.61. The molecule has 1 saturated heterocycles. The van der Waals surface area contributed by atoms with Crippen LogP contribution in [0, 0.1) is 5.92 Å². The Balaban J connectivity index is 0.00000108. The normalized spacial score (nSPS) is 21.8. The molecule has 1 unspecified atom stereocenters. The minimum atomic E-state index is 0. The molecule has 2 aliphatic rings. The van der Waals surface area contributed by atoms with E-state index in [0.29, 0.717) is 11.1 Å². The van der Waals surface area contributed by atoms with Crippen LogP contribution >= 0.6 is 24.0 Å². The number of hydrogen-bond acceptors (Lipinski definition) is 5. The number of hydrazine groups is 1. The molecule has 1 atom stereocenters. The van der Waals surface area contributed by atoms with Crippen molar-refractivity contribution in [2.45, 2.75) is 0 Å². The van der Waals surface area contributed by atoms with Gasteiger partial charge in [0, 0.05) is 30.9 Å². The van der Waals surface area contributed by atoms with E-state index in [1.165, 1.54) is 5.70 Å². The Labute approximate surface area is 110 Å². The number of halogens is 2. The summed E-state index contributed by atoms with van der Waals surface area (Å²) >= 11 is 5.71. The fourth-order valence-electron chi connectivity index (χ4n) is 1.91. The molecule has 0 radical (unpaired) electrons. The fourth-order valence-corrected chi connectivity index (χ4v) is 2.01. The number of fused-ring (bicyclic) bond motifs is 1. The molecular formula is C10H11Cl2N5. The minimum Gasteiger partial charge on any atom is -0.292 e. The smallest absolute Gasteiger partial charge is 0.169 e. The van der Waals surface area contributed by atoms with Crippen molar-refractivity contribution in [3.63, 3.8) is 0 Å². The number of aromatic nitrogens is 2. The maximum Gasteiger partial charge on any atom is 0.169 e. The van der Waals surface area contributed by atoms with Crippen LogP contribution in [0.15, 0.2) is 28.9 Å². The zero-order valence-electron chi connectivity index (χ0n) is 8.88. The van der Waals surface area contributed by atoms with Crippen molar-refractivity contribution in [3.05, 3.63) is 29.1 Å². The Morgan fingerprint density at radius 2 is 2.24 bits per heavy atom. The van der Waals surface area contributed by atoms with Crippen molar-refractivity contribution in [1.29, 1.82) is 0 Å². The fraction of sp³-hybridized carbons (Fsp3) is 0.300. The first-order valence-corrected chi connectivity index (χ1v) is 5.45. The topological polar surface area (TPSA) is 53.4 Å². The van der Waals surface area contributed by atoms with E-state index in [4.69, 9.17) is 11.6 Å². The second kappa shape index (κ2) is 5.00. The van der Waals surface area contributed by atoms with Crippen LogP contribution in [0.25, 0.3) is 0 Å². The highest BCUT2D eigenvalue weighted by Gasteiger charge is 2.30. The van der Waals surface area contributed by atoms with Gasteiger partial charge in [-0.25, -0.2) is 5.43 Å². The number of allylic oxidation sites excluding steroid dienone is 1. The molecule has 17 heavy (non-hydrogen) atoms. The molecule has 0 spiro atoms. The quantitative estimate of drug-likeness (QED) is 0.841. The van der Waals surface area contributed by atoms with Gasteiger partial charge in [0.1, 0.15) is 0 Å². The lowest BCUT2D eigenvalue weighted by Gasteiger charge is -2.20. The average Bonchev–Trinajstić information content (AvgIpc) is 2.74. The summed E-state index contributed by atoms with van der Waals surface area (Å²) in [4.78, 5) is 4.24. The largest absolute Gasteiger partial charge is 0.292 e. The van der Waals surface area contributed by atoms with Gasteiger partial charge in [0.25, 0.3) is 0 Å². The maximum absolute atomic E-state index is 5.71. The first kappa shape index (κ1) is 12.3. The van der Waals surface area contributed by atoms with Crippen LogP contribution in [0.4, 0.5) is 5.82 Å². The van der Waals surface area contributed by atoms with E-state index in [1.807, 2.05) is 23.4 Å². The summed E-state index contributed by atoms with van der Waals surface area (Å²) in [6.45, 7) is 1.71. The minimum absolute atomic E-state index is 0. The first-order valence-electron chi connectivity index (χ1n) is 5.07. The summed E-state index contributed by atoms with van der Waals surface area (Å²) < 4.78 is 0. The molecule has 1 N–H and O–H groups in total. The van der Waals surface area contributed by atoms with Gasteiger partial charge in [-0.1, -0.05) is 11.6 Å². The molecule has 3 heterocycles. The standard InChI is InChI=1S/C10H10ClN5.ClH/c11-9-1-2-10(15-14-9)16-8-3-4-12-5-7(8)6-13-16;/h1-4,7,13H,5-6H2;1H. The monoisotopic (exact) mass is 271 g/mol. The summed E-state index contributed by atoms with van der Waals surface area (Å²) in [6, 6.07) is 3.58. The molecule has 1 aromatic rings. The van der Waals surface area contributed by atoms with Crippen molar-refractivity contribution in [3.8, 4) is 0 Å². The van der Waals surface area contributed by atoms with Gasteiger partial charge in [-0.3, -0.25) is 10.0 Å². The van der Waals surface area contributed by atoms with Crippen molar-refractivity contribution < 1.29 is 0 Å². The summed E-state index contributed by atoms with van der Waals surface area (Å²) in [5.74, 6) is 1.19. The molecule has 0 amide bonds. The van der Waals surface area contributed by atoms with Crippen LogP contribution in [0.3, 0.4) is 0 Å². The maximum atomic E-state index is 5.71. The zero-order valence-corrected chi connectivity index (χ0v) is 10.4. The van der Waals surface area contributed by atoms with E-state index < -0.39 is 0 Å². The van der Waals surface area contributed by atoms with Crippen molar-refractivity contribution in [2.24, 2.45) is 10.9 Å². The van der Waals surface area contributed by atoms with Gasteiger partial charge >= 0.3 is 0 Å². The highest BCUT2D eigenvalue weighted by atomic mass is 35.5. The van der Waals surface area contributed by atoms with Gasteiger partial charge in [-0.15, -0.1) is 22.6 Å². The molecule has 0 bridgehead atoms. The third-order valence-electron chi connectivity index (χ3n) is 2.70. The Morgan fingerprint density at radius 3 is 3.00 bits per heavy atom. The molecule has 90 valence electrons. The Morgan fingerprint density at radius 1 is 1.35 bits per heavy atom. The van der Waals surface area contributed by atoms with Gasteiger partial charge in [0.05, 0.1) is 0 Å². The Bertz CT molecular complexity index is 456. The Hall–Kier alpha value is -1.17. The van der Waals surface area contributed by atoms with Crippen LogP contribution in [-0.2, 0) is 0 Å². The predicted octanol–water partition coefficient (Wildman–Crippen LogP) is 1.46. The molecule has 7 heteroatoms. The summed E-state index contributed by atoms with van der Waals surface area (Å²) in [6.07, 6.45) is 3.83. The number of dihydropyridines is 1. The molecule has 1 fully saturated rings. The number of rotatable bonds is 1. The summed E-state index contributed by atoms with van der Waals surface area (Å²) in [5.41, 5.74) is 4.46. The summed E-state index contributed by atoms with van der Waals surface area (Å²) in [7, 11) is 0. The highest BCUT2D eigenvalue weighted by molar-refractivity contribution is 6.29. The lowest BCUT2D eigenvalue weighted by atomic mass is 10.1. The molecule has 1 aromatic heterocycles. The second-order valence-electron chi connectivity index (χ2n) is 3.71. The third-order valence-corrected chi connectivity index (χ3v) is 2.90. The third kappa shape index (κ3) is 2.26. The van der Waals surface area contributed by atoms with Crippen LogP contribution in [0.1, 0.15) is 0 Å². The first-order chi connectivity index (χ1) is 7.84. The van der Waals surface area contributed by atoms with E-state index >= 15 is 0 Å². The van der Waals surface area contributed by atoms with Gasteiger partial charge in [0.15, 0.2) is 11.0 Å². The lowest BCUT2D eigenvalue weighted by Crippen LogP contribution is -2.30. The number of anilines is 1. The van der Waals surface area contributed by atoms with E-state index in [1.54, 1.807) is 6.07 Å². The van der Waals surface area contributed by atoms with E-state index in [2.05, 4.69) is 20.6 Å². The predicted molar refractivity (Wildman–Crippen MR) is 69.7 cm³/mol. The van der Waals surface area contributed by atoms with Crippen LogP contribution < -0.4 is 10.4 Å². The number of hydrogen-bond donors (Lipinski definition) is 1. The van der Waals surface area contributed by atoms with E-state index in [9.17, 15) is 0 Å². The molecule has 0 aliphatic carbocycles.